The minimum Gasteiger partial charge on any atom is -0.497 e. The summed E-state index contributed by atoms with van der Waals surface area (Å²) in [5.41, 5.74) is -0.637. The van der Waals surface area contributed by atoms with Gasteiger partial charge >= 0.3 is 5.97 Å². The van der Waals surface area contributed by atoms with Gasteiger partial charge in [-0.25, -0.2) is 0 Å². The van der Waals surface area contributed by atoms with Crippen molar-refractivity contribution < 1.29 is 33.7 Å². The second-order valence-electron chi connectivity index (χ2n) is 10.5. The first-order valence-corrected chi connectivity index (χ1v) is 14.8. The lowest BCUT2D eigenvalue weighted by Gasteiger charge is -2.39. The molecule has 3 fully saturated rings. The number of ether oxygens (including phenoxy) is 3. The van der Waals surface area contributed by atoms with Crippen molar-refractivity contribution in [1.29, 1.82) is 0 Å². The topological polar surface area (TPSA) is 106 Å². The molecule has 0 saturated carbocycles. The Balaban J connectivity index is 1.72. The molecule has 4 rings (SSSR count). The molecule has 218 valence electrons. The van der Waals surface area contributed by atoms with Crippen LogP contribution in [0.15, 0.2) is 49.6 Å². The van der Waals surface area contributed by atoms with Gasteiger partial charge in [-0.3, -0.25) is 14.4 Å². The normalized spacial score (nSPS) is 29.1. The average Bonchev–Trinajstić information content (AvgIpc) is 3.55. The van der Waals surface area contributed by atoms with E-state index in [0.717, 1.165) is 12.8 Å². The number of aliphatic hydroxyl groups is 1. The van der Waals surface area contributed by atoms with Gasteiger partial charge in [-0.2, -0.15) is 0 Å². The standard InChI is InChI=1S/C30H39BrN2O7/c1-5-8-9-10-16-39-29(37)23-24-27(35)33(19(7-3)18-34)26(30(24)17-22(31)25(23)40-30)28(36)32(15-6-2)20-11-13-21(38-4)14-12-20/h5-6,11-14,19,22-26,34H,1-2,7-10,15-18H2,3-4H3/t19-,22?,23-,24-,25-,26?,30?/m0/s1. The molecule has 10 heteroatoms. The number of carbonyl (C=O) groups excluding carboxylic acids is 3. The number of alkyl halides is 1. The first kappa shape index (κ1) is 30.3. The zero-order valence-electron chi connectivity index (χ0n) is 23.2. The van der Waals surface area contributed by atoms with Crippen LogP contribution in [0.2, 0.25) is 0 Å². The van der Waals surface area contributed by atoms with Crippen LogP contribution in [0.5, 0.6) is 5.75 Å². The largest absolute Gasteiger partial charge is 0.497 e. The molecule has 3 aliphatic rings. The smallest absolute Gasteiger partial charge is 0.312 e. The molecule has 7 atom stereocenters. The number of nitrogens with zero attached hydrogens (tertiary/aromatic N) is 2. The van der Waals surface area contributed by atoms with E-state index >= 15 is 0 Å². The van der Waals surface area contributed by atoms with E-state index in [2.05, 4.69) is 29.1 Å². The van der Waals surface area contributed by atoms with Crippen LogP contribution in [-0.4, -0.2) is 83.3 Å². The van der Waals surface area contributed by atoms with Crippen LogP contribution >= 0.6 is 15.9 Å². The van der Waals surface area contributed by atoms with Crippen LogP contribution in [0.4, 0.5) is 5.69 Å². The van der Waals surface area contributed by atoms with Crippen LogP contribution in [-0.2, 0) is 23.9 Å². The Labute approximate surface area is 244 Å². The third-order valence-corrected chi connectivity index (χ3v) is 9.16. The second kappa shape index (κ2) is 12.9. The fourth-order valence-corrected chi connectivity index (χ4v) is 7.39. The number of benzene rings is 1. The lowest BCUT2D eigenvalue weighted by atomic mass is 9.70. The van der Waals surface area contributed by atoms with Crippen molar-refractivity contribution >= 4 is 39.4 Å². The minimum atomic E-state index is -1.24. The second-order valence-corrected chi connectivity index (χ2v) is 11.7. The quantitative estimate of drug-likeness (QED) is 0.147. The van der Waals surface area contributed by atoms with Gasteiger partial charge in [-0.05, 0) is 56.4 Å². The number of aliphatic hydroxyl groups excluding tert-OH is 1. The molecule has 1 aromatic carbocycles. The summed E-state index contributed by atoms with van der Waals surface area (Å²) in [6, 6.07) is 5.40. The van der Waals surface area contributed by atoms with Gasteiger partial charge < -0.3 is 29.1 Å². The van der Waals surface area contributed by atoms with Crippen molar-refractivity contribution in [2.45, 2.75) is 67.6 Å². The van der Waals surface area contributed by atoms with Gasteiger partial charge in [0.25, 0.3) is 5.91 Å². The summed E-state index contributed by atoms with van der Waals surface area (Å²) in [6.07, 6.45) is 6.00. The highest BCUT2D eigenvalue weighted by Gasteiger charge is 2.77. The maximum absolute atomic E-state index is 14.5. The van der Waals surface area contributed by atoms with E-state index in [1.165, 1.54) is 4.90 Å². The Kier molecular flexibility index (Phi) is 9.74. The molecule has 1 aromatic rings. The number of anilines is 1. The molecular weight excluding hydrogens is 580 g/mol. The molecule has 3 saturated heterocycles. The third kappa shape index (κ3) is 5.21. The highest BCUT2D eigenvalue weighted by molar-refractivity contribution is 9.09. The number of amides is 2. The molecule has 9 nitrogen and oxygen atoms in total. The van der Waals surface area contributed by atoms with Crippen molar-refractivity contribution in [2.75, 3.05) is 31.8 Å². The summed E-state index contributed by atoms with van der Waals surface area (Å²) >= 11 is 3.68. The van der Waals surface area contributed by atoms with Crippen LogP contribution in [0.1, 0.15) is 39.0 Å². The molecule has 1 spiro atoms. The SMILES string of the molecule is C=CCCCCOC(=O)[C@H]1[C@H]2C(=O)N([C@@H](CC)CO)C(C(=O)N(CC=C)c3ccc(OC)cc3)C23CC(Br)[C@@H]1O3. The van der Waals surface area contributed by atoms with E-state index in [9.17, 15) is 19.5 Å². The number of halogens is 1. The molecular formula is C30H39BrN2O7. The van der Waals surface area contributed by atoms with Crippen molar-refractivity contribution in [3.63, 3.8) is 0 Å². The summed E-state index contributed by atoms with van der Waals surface area (Å²) in [6.45, 7) is 9.51. The summed E-state index contributed by atoms with van der Waals surface area (Å²) in [7, 11) is 1.57. The van der Waals surface area contributed by atoms with Crippen molar-refractivity contribution in [3.8, 4) is 5.75 Å². The number of fused-ring (bicyclic) bond motifs is 1. The molecule has 3 heterocycles. The number of hydrogen-bond donors (Lipinski definition) is 1. The van der Waals surface area contributed by atoms with Gasteiger partial charge in [0.15, 0.2) is 0 Å². The van der Waals surface area contributed by atoms with E-state index < -0.39 is 41.6 Å². The Hall–Kier alpha value is -2.69. The zero-order chi connectivity index (χ0) is 29.0. The highest BCUT2D eigenvalue weighted by atomic mass is 79.9. The van der Waals surface area contributed by atoms with Gasteiger partial charge in [-0.1, -0.05) is 35.0 Å². The van der Waals surface area contributed by atoms with Gasteiger partial charge in [0.2, 0.25) is 5.91 Å². The van der Waals surface area contributed by atoms with Crippen molar-refractivity contribution in [2.24, 2.45) is 11.8 Å². The molecule has 0 aromatic heterocycles. The Bertz CT molecular complexity index is 1110. The van der Waals surface area contributed by atoms with Gasteiger partial charge in [0, 0.05) is 17.1 Å². The number of carbonyl (C=O) groups is 3. The Morgan fingerprint density at radius 3 is 2.60 bits per heavy atom. The average molecular weight is 620 g/mol. The number of methoxy groups -OCH3 is 1. The lowest BCUT2D eigenvalue weighted by molar-refractivity contribution is -0.155. The highest BCUT2D eigenvalue weighted by Crippen LogP contribution is 2.60. The summed E-state index contributed by atoms with van der Waals surface area (Å²) in [4.78, 5) is 44.9. The summed E-state index contributed by atoms with van der Waals surface area (Å²) in [5, 5.41) is 10.3. The molecule has 0 aliphatic carbocycles. The maximum atomic E-state index is 14.5. The molecule has 0 radical (unpaired) electrons. The van der Waals surface area contributed by atoms with E-state index in [0.29, 0.717) is 30.7 Å². The molecule has 40 heavy (non-hydrogen) atoms. The summed E-state index contributed by atoms with van der Waals surface area (Å²) < 4.78 is 17.5. The molecule has 3 aliphatic heterocycles. The monoisotopic (exact) mass is 618 g/mol. The Morgan fingerprint density at radius 1 is 1.27 bits per heavy atom. The van der Waals surface area contributed by atoms with E-state index in [-0.39, 0.29) is 36.4 Å². The van der Waals surface area contributed by atoms with E-state index in [1.807, 2.05) is 13.0 Å². The summed E-state index contributed by atoms with van der Waals surface area (Å²) in [5.74, 6) is -2.30. The number of likely N-dealkylation sites (tertiary alicyclic amines) is 1. The van der Waals surface area contributed by atoms with Gasteiger partial charge in [-0.15, -0.1) is 13.2 Å². The van der Waals surface area contributed by atoms with Gasteiger partial charge in [0.1, 0.15) is 17.4 Å². The van der Waals surface area contributed by atoms with Crippen molar-refractivity contribution in [1.82, 2.24) is 4.90 Å². The van der Waals surface area contributed by atoms with E-state index in [4.69, 9.17) is 14.2 Å². The van der Waals surface area contributed by atoms with Gasteiger partial charge in [0.05, 0.1) is 44.3 Å². The maximum Gasteiger partial charge on any atom is 0.312 e. The predicted molar refractivity (Wildman–Crippen MR) is 154 cm³/mol. The zero-order valence-corrected chi connectivity index (χ0v) is 24.8. The minimum absolute atomic E-state index is 0.192. The van der Waals surface area contributed by atoms with Crippen LogP contribution in [0.25, 0.3) is 0 Å². The molecule has 3 unspecified atom stereocenters. The lowest BCUT2D eigenvalue weighted by Crippen LogP contribution is -2.59. The number of allylic oxidation sites excluding steroid dienone is 1. The van der Waals surface area contributed by atoms with Crippen molar-refractivity contribution in [3.05, 3.63) is 49.6 Å². The molecule has 1 N–H and O–H groups in total. The number of rotatable bonds is 14. The van der Waals surface area contributed by atoms with E-state index in [1.54, 1.807) is 42.4 Å². The third-order valence-electron chi connectivity index (χ3n) is 8.32. The molecule has 2 bridgehead atoms. The fraction of sp³-hybridized carbons (Fsp3) is 0.567. The van der Waals surface area contributed by atoms with Crippen LogP contribution < -0.4 is 9.64 Å². The first-order valence-electron chi connectivity index (χ1n) is 13.9. The number of esters is 1. The number of hydrogen-bond acceptors (Lipinski definition) is 7. The Morgan fingerprint density at radius 2 is 2.00 bits per heavy atom. The fourth-order valence-electron chi connectivity index (χ4n) is 6.44. The number of unbranched alkanes of at least 4 members (excludes halogenated alkanes) is 2. The predicted octanol–water partition coefficient (Wildman–Crippen LogP) is 3.63. The first-order chi connectivity index (χ1) is 19.3. The molecule has 2 amide bonds. The van der Waals surface area contributed by atoms with Crippen LogP contribution in [0, 0.1) is 11.8 Å². The van der Waals surface area contributed by atoms with Crippen LogP contribution in [0.3, 0.4) is 0 Å².